The highest BCUT2D eigenvalue weighted by molar-refractivity contribution is 7.99. The Kier molecular flexibility index (Phi) is 6.10. The Labute approximate surface area is 167 Å². The number of nitrogens with zero attached hydrogens (tertiary/aromatic N) is 3. The fourth-order valence-corrected chi connectivity index (χ4v) is 3.39. The third-order valence-electron chi connectivity index (χ3n) is 4.08. The van der Waals surface area contributed by atoms with E-state index >= 15 is 0 Å². The van der Waals surface area contributed by atoms with Crippen LogP contribution in [-0.2, 0) is 11.8 Å². The molecule has 3 aromatic rings. The average molecular weight is 395 g/mol. The Morgan fingerprint density at radius 3 is 2.54 bits per heavy atom. The Morgan fingerprint density at radius 2 is 1.82 bits per heavy atom. The number of urea groups is 1. The van der Waals surface area contributed by atoms with Gasteiger partial charge in [-0.3, -0.25) is 10.1 Å². The molecule has 2 N–H and O–H groups in total. The second kappa shape index (κ2) is 8.71. The maximum absolute atomic E-state index is 12.1. The molecule has 0 unspecified atom stereocenters. The van der Waals surface area contributed by atoms with E-state index < -0.39 is 11.9 Å². The fourth-order valence-electron chi connectivity index (χ4n) is 2.68. The van der Waals surface area contributed by atoms with Crippen LogP contribution in [0.25, 0.3) is 11.4 Å². The van der Waals surface area contributed by atoms with Gasteiger partial charge in [-0.15, -0.1) is 10.2 Å². The summed E-state index contributed by atoms with van der Waals surface area (Å²) in [6.45, 7) is 3.88. The number of hydrogen-bond acceptors (Lipinski definition) is 5. The van der Waals surface area contributed by atoms with Crippen LogP contribution in [0.4, 0.5) is 10.5 Å². The lowest BCUT2D eigenvalue weighted by atomic mass is 10.1. The highest BCUT2D eigenvalue weighted by Gasteiger charge is 2.14. The molecule has 0 atom stereocenters. The van der Waals surface area contributed by atoms with E-state index in [2.05, 4.69) is 20.8 Å². The third kappa shape index (κ3) is 4.77. The van der Waals surface area contributed by atoms with Crippen LogP contribution < -0.4 is 10.6 Å². The smallest absolute Gasteiger partial charge is 0.307 e. The molecule has 7 nitrogen and oxygen atoms in total. The van der Waals surface area contributed by atoms with Crippen molar-refractivity contribution < 1.29 is 9.59 Å². The SMILES string of the molecule is Cc1ccc(NC(=O)NC(=O)CSc2nnc(-c3ccccc3)n2C)c(C)c1. The topological polar surface area (TPSA) is 88.9 Å². The van der Waals surface area contributed by atoms with Crippen molar-refractivity contribution in [3.05, 3.63) is 59.7 Å². The van der Waals surface area contributed by atoms with Gasteiger partial charge in [0.05, 0.1) is 5.75 Å². The Bertz CT molecular complexity index is 1000. The number of imide groups is 1. The minimum atomic E-state index is -0.555. The molecule has 2 aromatic carbocycles. The van der Waals surface area contributed by atoms with E-state index in [1.807, 2.05) is 74.0 Å². The zero-order valence-electron chi connectivity index (χ0n) is 15.9. The Morgan fingerprint density at radius 1 is 1.07 bits per heavy atom. The van der Waals surface area contributed by atoms with Gasteiger partial charge in [-0.25, -0.2) is 4.79 Å². The Balaban J connectivity index is 1.54. The predicted molar refractivity (Wildman–Crippen MR) is 110 cm³/mol. The second-order valence-electron chi connectivity index (χ2n) is 6.34. The van der Waals surface area contributed by atoms with Crippen LogP contribution in [-0.4, -0.2) is 32.5 Å². The van der Waals surface area contributed by atoms with Crippen molar-refractivity contribution in [2.24, 2.45) is 7.05 Å². The van der Waals surface area contributed by atoms with Crippen molar-refractivity contribution in [1.29, 1.82) is 0 Å². The number of amides is 3. The number of nitrogens with one attached hydrogen (secondary N) is 2. The van der Waals surface area contributed by atoms with Crippen molar-refractivity contribution in [3.63, 3.8) is 0 Å². The van der Waals surface area contributed by atoms with Gasteiger partial charge in [-0.1, -0.05) is 59.8 Å². The number of hydrogen-bond donors (Lipinski definition) is 2. The van der Waals surface area contributed by atoms with Gasteiger partial charge in [0.1, 0.15) is 0 Å². The molecule has 0 spiro atoms. The summed E-state index contributed by atoms with van der Waals surface area (Å²) in [5.74, 6) is 0.369. The molecule has 0 aliphatic rings. The largest absolute Gasteiger partial charge is 0.325 e. The van der Waals surface area contributed by atoms with E-state index in [0.29, 0.717) is 10.8 Å². The predicted octanol–water partition coefficient (Wildman–Crippen LogP) is 3.54. The van der Waals surface area contributed by atoms with Gasteiger partial charge in [-0.2, -0.15) is 0 Å². The van der Waals surface area contributed by atoms with Crippen LogP contribution in [0.2, 0.25) is 0 Å². The van der Waals surface area contributed by atoms with Crippen molar-refractivity contribution in [3.8, 4) is 11.4 Å². The van der Waals surface area contributed by atoms with Crippen LogP contribution in [0, 0.1) is 13.8 Å². The number of rotatable bonds is 5. The maximum Gasteiger partial charge on any atom is 0.325 e. The van der Waals surface area contributed by atoms with E-state index in [4.69, 9.17) is 0 Å². The first-order valence-electron chi connectivity index (χ1n) is 8.69. The maximum atomic E-state index is 12.1. The lowest BCUT2D eigenvalue weighted by Gasteiger charge is -2.09. The summed E-state index contributed by atoms with van der Waals surface area (Å²) in [6.07, 6.45) is 0. The van der Waals surface area contributed by atoms with E-state index in [9.17, 15) is 9.59 Å². The Hall–Kier alpha value is -3.13. The van der Waals surface area contributed by atoms with Gasteiger partial charge < -0.3 is 9.88 Å². The lowest BCUT2D eigenvalue weighted by molar-refractivity contribution is -0.117. The van der Waals surface area contributed by atoms with E-state index in [1.54, 1.807) is 0 Å². The number of benzene rings is 2. The van der Waals surface area contributed by atoms with Gasteiger partial charge in [0.25, 0.3) is 0 Å². The number of carbonyl (C=O) groups is 2. The molecule has 3 rings (SSSR count). The molecule has 1 aromatic heterocycles. The highest BCUT2D eigenvalue weighted by Crippen LogP contribution is 2.22. The normalized spacial score (nSPS) is 10.5. The van der Waals surface area contributed by atoms with E-state index in [-0.39, 0.29) is 5.75 Å². The monoisotopic (exact) mass is 395 g/mol. The number of carbonyl (C=O) groups excluding carboxylic acids is 2. The van der Waals surface area contributed by atoms with Gasteiger partial charge in [0.2, 0.25) is 5.91 Å². The van der Waals surface area contributed by atoms with Crippen LogP contribution in [0.15, 0.2) is 53.7 Å². The number of aryl methyl sites for hydroxylation is 2. The zero-order valence-corrected chi connectivity index (χ0v) is 16.7. The molecule has 0 saturated heterocycles. The molecule has 1 heterocycles. The second-order valence-corrected chi connectivity index (χ2v) is 7.28. The summed E-state index contributed by atoms with van der Waals surface area (Å²) in [4.78, 5) is 24.1. The van der Waals surface area contributed by atoms with Crippen molar-refractivity contribution in [2.45, 2.75) is 19.0 Å². The molecule has 0 saturated carbocycles. The van der Waals surface area contributed by atoms with Gasteiger partial charge >= 0.3 is 6.03 Å². The van der Waals surface area contributed by atoms with Gasteiger partial charge in [0, 0.05) is 18.3 Å². The molecule has 28 heavy (non-hydrogen) atoms. The van der Waals surface area contributed by atoms with Crippen molar-refractivity contribution in [2.75, 3.05) is 11.1 Å². The lowest BCUT2D eigenvalue weighted by Crippen LogP contribution is -2.35. The minimum Gasteiger partial charge on any atom is -0.307 e. The molecule has 0 bridgehead atoms. The molecular weight excluding hydrogens is 374 g/mol. The first-order valence-corrected chi connectivity index (χ1v) is 9.68. The van der Waals surface area contributed by atoms with Gasteiger partial charge in [0.15, 0.2) is 11.0 Å². The molecule has 0 radical (unpaired) electrons. The number of aromatic nitrogens is 3. The fraction of sp³-hybridized carbons (Fsp3) is 0.200. The minimum absolute atomic E-state index is 0.0566. The van der Waals surface area contributed by atoms with Crippen molar-refractivity contribution >= 4 is 29.4 Å². The van der Waals surface area contributed by atoms with E-state index in [1.165, 1.54) is 11.8 Å². The van der Waals surface area contributed by atoms with Crippen LogP contribution in [0.5, 0.6) is 0 Å². The van der Waals surface area contributed by atoms with Crippen LogP contribution in [0.3, 0.4) is 0 Å². The van der Waals surface area contributed by atoms with Crippen LogP contribution >= 0.6 is 11.8 Å². The summed E-state index contributed by atoms with van der Waals surface area (Å²) in [7, 11) is 1.84. The summed E-state index contributed by atoms with van der Waals surface area (Å²) in [6, 6.07) is 14.8. The molecule has 0 fully saturated rings. The quantitative estimate of drug-likeness (QED) is 0.645. The third-order valence-corrected chi connectivity index (χ3v) is 5.10. The molecule has 144 valence electrons. The molecule has 0 aliphatic heterocycles. The number of thioether (sulfide) groups is 1. The molecular formula is C20H21N5O2S. The van der Waals surface area contributed by atoms with Gasteiger partial charge in [-0.05, 0) is 25.5 Å². The first-order chi connectivity index (χ1) is 13.4. The molecule has 3 amide bonds. The average Bonchev–Trinajstić information content (AvgIpc) is 3.03. The molecule has 0 aliphatic carbocycles. The number of anilines is 1. The first kappa shape index (κ1) is 19.6. The molecule has 8 heteroatoms. The standard InChI is InChI=1S/C20H21N5O2S/c1-13-9-10-16(14(2)11-13)21-19(27)22-17(26)12-28-20-24-23-18(25(20)3)15-7-5-4-6-8-15/h4-11H,12H2,1-3H3,(H2,21,22,26,27). The zero-order chi connectivity index (χ0) is 20.1. The van der Waals surface area contributed by atoms with Crippen molar-refractivity contribution in [1.82, 2.24) is 20.1 Å². The summed E-state index contributed by atoms with van der Waals surface area (Å²) in [5.41, 5.74) is 3.66. The summed E-state index contributed by atoms with van der Waals surface area (Å²) in [5, 5.41) is 13.9. The summed E-state index contributed by atoms with van der Waals surface area (Å²) < 4.78 is 1.82. The summed E-state index contributed by atoms with van der Waals surface area (Å²) >= 11 is 1.22. The van der Waals surface area contributed by atoms with Crippen LogP contribution in [0.1, 0.15) is 11.1 Å². The highest BCUT2D eigenvalue weighted by atomic mass is 32.2. The van der Waals surface area contributed by atoms with E-state index in [0.717, 1.165) is 22.5 Å².